The Morgan fingerprint density at radius 1 is 1.09 bits per heavy atom. The summed E-state index contributed by atoms with van der Waals surface area (Å²) in [5.41, 5.74) is 0.867. The Kier molecular flexibility index (Phi) is 3.81. The van der Waals surface area contributed by atoms with Gasteiger partial charge >= 0.3 is 0 Å². The number of carbonyl (C=O) groups excluding carboxylic acids is 2. The van der Waals surface area contributed by atoms with Crippen molar-refractivity contribution in [2.45, 2.75) is 24.9 Å². The number of hydrogen-bond donors (Lipinski definition) is 3. The van der Waals surface area contributed by atoms with E-state index in [2.05, 4.69) is 10.3 Å². The molecule has 1 aromatic heterocycles. The van der Waals surface area contributed by atoms with Crippen molar-refractivity contribution in [3.05, 3.63) is 59.4 Å². The standard InChI is InChI=1S/C17H18N2O3/c20-15(14-6-9-18-10-14)12-2-4-13(5-3-12)16(21)19-11-17(22)7-1-8-17/h2-6,9-10,18,22H,1,7-8,11H2,(H,19,21). The third-order valence-corrected chi connectivity index (χ3v) is 4.13. The molecule has 22 heavy (non-hydrogen) atoms. The maximum atomic E-state index is 12.1. The highest BCUT2D eigenvalue weighted by atomic mass is 16.3. The van der Waals surface area contributed by atoms with Gasteiger partial charge in [0.1, 0.15) is 0 Å². The molecular weight excluding hydrogens is 280 g/mol. The van der Waals surface area contributed by atoms with Crippen LogP contribution < -0.4 is 5.32 Å². The highest BCUT2D eigenvalue weighted by molar-refractivity contribution is 6.09. The number of aromatic nitrogens is 1. The number of aliphatic hydroxyl groups is 1. The molecule has 0 radical (unpaired) electrons. The van der Waals surface area contributed by atoms with Crippen LogP contribution in [0.3, 0.4) is 0 Å². The maximum absolute atomic E-state index is 12.1. The molecule has 1 heterocycles. The molecule has 2 aromatic rings. The normalized spacial score (nSPS) is 15.9. The van der Waals surface area contributed by atoms with E-state index in [4.69, 9.17) is 0 Å². The fourth-order valence-electron chi connectivity index (χ4n) is 2.51. The number of aromatic amines is 1. The zero-order chi connectivity index (χ0) is 15.6. The van der Waals surface area contributed by atoms with Gasteiger partial charge in [-0.3, -0.25) is 9.59 Å². The van der Waals surface area contributed by atoms with E-state index in [1.807, 2.05) is 0 Å². The average molecular weight is 298 g/mol. The number of ketones is 1. The second-order valence-electron chi connectivity index (χ2n) is 5.77. The van der Waals surface area contributed by atoms with E-state index in [0.717, 1.165) is 19.3 Å². The van der Waals surface area contributed by atoms with Gasteiger partial charge in [0.2, 0.25) is 0 Å². The summed E-state index contributed by atoms with van der Waals surface area (Å²) in [7, 11) is 0. The molecule has 3 rings (SSSR count). The number of rotatable bonds is 5. The lowest BCUT2D eigenvalue weighted by Gasteiger charge is -2.36. The van der Waals surface area contributed by atoms with Gasteiger partial charge in [-0.15, -0.1) is 0 Å². The maximum Gasteiger partial charge on any atom is 0.251 e. The van der Waals surface area contributed by atoms with Crippen molar-refractivity contribution in [2.24, 2.45) is 0 Å². The fraction of sp³-hybridized carbons (Fsp3) is 0.294. The van der Waals surface area contributed by atoms with Gasteiger partial charge in [-0.05, 0) is 37.5 Å². The molecule has 1 fully saturated rings. The Hall–Kier alpha value is -2.40. The molecule has 0 aliphatic heterocycles. The van der Waals surface area contributed by atoms with Crippen molar-refractivity contribution in [3.8, 4) is 0 Å². The summed E-state index contributed by atoms with van der Waals surface area (Å²) in [5.74, 6) is -0.321. The number of carbonyl (C=O) groups is 2. The number of benzene rings is 1. The van der Waals surface area contributed by atoms with E-state index in [-0.39, 0.29) is 18.2 Å². The second kappa shape index (κ2) is 5.77. The lowest BCUT2D eigenvalue weighted by atomic mass is 9.80. The molecule has 0 saturated heterocycles. The Morgan fingerprint density at radius 2 is 1.77 bits per heavy atom. The first kappa shape index (κ1) is 14.5. The van der Waals surface area contributed by atoms with Crippen LogP contribution in [-0.2, 0) is 0 Å². The summed E-state index contributed by atoms with van der Waals surface area (Å²) in [5, 5.41) is 12.7. The van der Waals surface area contributed by atoms with Crippen molar-refractivity contribution in [3.63, 3.8) is 0 Å². The van der Waals surface area contributed by atoms with Crippen LogP contribution in [0.15, 0.2) is 42.7 Å². The first-order valence-electron chi connectivity index (χ1n) is 7.36. The van der Waals surface area contributed by atoms with E-state index in [9.17, 15) is 14.7 Å². The van der Waals surface area contributed by atoms with Gasteiger partial charge in [0, 0.05) is 35.6 Å². The van der Waals surface area contributed by atoms with Crippen molar-refractivity contribution < 1.29 is 14.7 Å². The summed E-state index contributed by atoms with van der Waals surface area (Å²) in [4.78, 5) is 27.0. The Morgan fingerprint density at radius 3 is 2.32 bits per heavy atom. The van der Waals surface area contributed by atoms with E-state index >= 15 is 0 Å². The van der Waals surface area contributed by atoms with E-state index in [1.165, 1.54) is 0 Å². The quantitative estimate of drug-likeness (QED) is 0.737. The Balaban J connectivity index is 1.63. The van der Waals surface area contributed by atoms with E-state index in [0.29, 0.717) is 16.7 Å². The third-order valence-electron chi connectivity index (χ3n) is 4.13. The average Bonchev–Trinajstić information content (AvgIpc) is 3.04. The van der Waals surface area contributed by atoms with Crippen LogP contribution >= 0.6 is 0 Å². The predicted octanol–water partition coefficient (Wildman–Crippen LogP) is 1.89. The molecular formula is C17H18N2O3. The molecule has 1 aromatic carbocycles. The summed E-state index contributed by atoms with van der Waals surface area (Å²) in [6.07, 6.45) is 5.81. The van der Waals surface area contributed by atoms with Gasteiger partial charge in [-0.25, -0.2) is 0 Å². The summed E-state index contributed by atoms with van der Waals surface area (Å²) < 4.78 is 0. The minimum Gasteiger partial charge on any atom is -0.388 e. The molecule has 1 aliphatic carbocycles. The summed E-state index contributed by atoms with van der Waals surface area (Å²) in [6, 6.07) is 8.24. The van der Waals surface area contributed by atoms with Gasteiger partial charge in [-0.1, -0.05) is 12.1 Å². The fourth-order valence-corrected chi connectivity index (χ4v) is 2.51. The van der Waals surface area contributed by atoms with Crippen LogP contribution in [-0.4, -0.2) is 33.9 Å². The first-order chi connectivity index (χ1) is 10.6. The van der Waals surface area contributed by atoms with Crippen LogP contribution in [0.1, 0.15) is 45.5 Å². The smallest absolute Gasteiger partial charge is 0.251 e. The minimum absolute atomic E-state index is 0.0861. The molecule has 114 valence electrons. The van der Waals surface area contributed by atoms with Crippen molar-refractivity contribution in [1.82, 2.24) is 10.3 Å². The topological polar surface area (TPSA) is 82.2 Å². The van der Waals surface area contributed by atoms with E-state index < -0.39 is 5.60 Å². The molecule has 0 bridgehead atoms. The third kappa shape index (κ3) is 2.94. The molecule has 5 nitrogen and oxygen atoms in total. The van der Waals surface area contributed by atoms with Crippen LogP contribution in [0.2, 0.25) is 0 Å². The van der Waals surface area contributed by atoms with Crippen molar-refractivity contribution >= 4 is 11.7 Å². The molecule has 0 spiro atoms. The molecule has 0 atom stereocenters. The zero-order valence-corrected chi connectivity index (χ0v) is 12.1. The number of amides is 1. The van der Waals surface area contributed by atoms with Gasteiger partial charge in [0.05, 0.1) is 5.60 Å². The molecule has 1 amide bonds. The lowest BCUT2D eigenvalue weighted by Crippen LogP contribution is -2.47. The van der Waals surface area contributed by atoms with Gasteiger partial charge in [-0.2, -0.15) is 0 Å². The highest BCUT2D eigenvalue weighted by Crippen LogP contribution is 2.30. The SMILES string of the molecule is O=C(NCC1(O)CCC1)c1ccc(C(=O)c2cc[nH]c2)cc1. The van der Waals surface area contributed by atoms with E-state index in [1.54, 1.807) is 42.7 Å². The second-order valence-corrected chi connectivity index (χ2v) is 5.77. The van der Waals surface area contributed by atoms with Crippen LogP contribution in [0, 0.1) is 0 Å². The summed E-state index contributed by atoms with van der Waals surface area (Å²) >= 11 is 0. The first-order valence-corrected chi connectivity index (χ1v) is 7.36. The molecule has 5 heteroatoms. The Labute approximate surface area is 128 Å². The molecule has 0 unspecified atom stereocenters. The van der Waals surface area contributed by atoms with Crippen molar-refractivity contribution in [1.29, 1.82) is 0 Å². The number of H-pyrrole nitrogens is 1. The summed E-state index contributed by atoms with van der Waals surface area (Å²) in [6.45, 7) is 0.274. The lowest BCUT2D eigenvalue weighted by molar-refractivity contribution is -0.0300. The predicted molar refractivity (Wildman–Crippen MR) is 81.8 cm³/mol. The Bertz CT molecular complexity index is 670. The van der Waals surface area contributed by atoms with Crippen LogP contribution in [0.4, 0.5) is 0 Å². The number of hydrogen-bond acceptors (Lipinski definition) is 3. The van der Waals surface area contributed by atoms with Crippen LogP contribution in [0.25, 0.3) is 0 Å². The van der Waals surface area contributed by atoms with Gasteiger partial charge in [0.15, 0.2) is 5.78 Å². The number of nitrogens with one attached hydrogen (secondary N) is 2. The monoisotopic (exact) mass is 298 g/mol. The minimum atomic E-state index is -0.736. The van der Waals surface area contributed by atoms with Gasteiger partial charge < -0.3 is 15.4 Å². The van der Waals surface area contributed by atoms with Crippen LogP contribution in [0.5, 0.6) is 0 Å². The largest absolute Gasteiger partial charge is 0.388 e. The molecule has 1 saturated carbocycles. The van der Waals surface area contributed by atoms with Gasteiger partial charge in [0.25, 0.3) is 5.91 Å². The molecule has 3 N–H and O–H groups in total. The molecule has 1 aliphatic rings. The highest BCUT2D eigenvalue weighted by Gasteiger charge is 2.34. The zero-order valence-electron chi connectivity index (χ0n) is 12.1. The van der Waals surface area contributed by atoms with Crippen molar-refractivity contribution in [2.75, 3.05) is 6.54 Å².